The molecule has 0 amide bonds. The van der Waals surface area contributed by atoms with Crippen LogP contribution >= 0.6 is 0 Å². The molecule has 5 heteroatoms. The SMILES string of the molecule is Cn1cc2[nH]c3ccc(C(=O)O)cc3c2n1. The molecule has 0 unspecified atom stereocenters. The summed E-state index contributed by atoms with van der Waals surface area (Å²) < 4.78 is 1.70. The second kappa shape index (κ2) is 2.85. The van der Waals surface area contributed by atoms with Crippen LogP contribution in [-0.2, 0) is 7.05 Å². The molecule has 0 bridgehead atoms. The van der Waals surface area contributed by atoms with Crippen LogP contribution in [0.15, 0.2) is 24.4 Å². The quantitative estimate of drug-likeness (QED) is 0.649. The lowest BCUT2D eigenvalue weighted by Gasteiger charge is -1.94. The van der Waals surface area contributed by atoms with E-state index in [2.05, 4.69) is 10.1 Å². The topological polar surface area (TPSA) is 70.9 Å². The normalized spacial score (nSPS) is 11.3. The van der Waals surface area contributed by atoms with Gasteiger partial charge in [-0.15, -0.1) is 0 Å². The monoisotopic (exact) mass is 215 g/mol. The number of aromatic amines is 1. The number of fused-ring (bicyclic) bond motifs is 3. The maximum absolute atomic E-state index is 10.9. The summed E-state index contributed by atoms with van der Waals surface area (Å²) in [6.07, 6.45) is 1.87. The van der Waals surface area contributed by atoms with Crippen molar-refractivity contribution in [2.75, 3.05) is 0 Å². The van der Waals surface area contributed by atoms with E-state index in [1.54, 1.807) is 22.9 Å². The number of nitrogens with zero attached hydrogens (tertiary/aromatic N) is 2. The van der Waals surface area contributed by atoms with Gasteiger partial charge in [0.25, 0.3) is 0 Å². The van der Waals surface area contributed by atoms with Gasteiger partial charge in [-0.3, -0.25) is 4.68 Å². The van der Waals surface area contributed by atoms with Gasteiger partial charge in [-0.1, -0.05) is 0 Å². The summed E-state index contributed by atoms with van der Waals surface area (Å²) in [6.45, 7) is 0. The summed E-state index contributed by atoms with van der Waals surface area (Å²) in [5.74, 6) is -0.924. The minimum Gasteiger partial charge on any atom is -0.478 e. The molecule has 0 saturated heterocycles. The molecule has 3 aromatic rings. The molecular weight excluding hydrogens is 206 g/mol. The van der Waals surface area contributed by atoms with Crippen LogP contribution in [0.3, 0.4) is 0 Å². The van der Waals surface area contributed by atoms with E-state index >= 15 is 0 Å². The number of benzene rings is 1. The zero-order valence-electron chi connectivity index (χ0n) is 8.56. The maximum atomic E-state index is 10.9. The molecule has 5 nitrogen and oxygen atoms in total. The first-order valence-electron chi connectivity index (χ1n) is 4.83. The fourth-order valence-electron chi connectivity index (χ4n) is 1.91. The zero-order valence-corrected chi connectivity index (χ0v) is 8.56. The average Bonchev–Trinajstić information content (AvgIpc) is 2.72. The van der Waals surface area contributed by atoms with E-state index in [1.807, 2.05) is 13.2 Å². The van der Waals surface area contributed by atoms with Gasteiger partial charge in [0.1, 0.15) is 5.52 Å². The van der Waals surface area contributed by atoms with E-state index in [0.29, 0.717) is 0 Å². The molecule has 16 heavy (non-hydrogen) atoms. The van der Waals surface area contributed by atoms with Crippen LogP contribution in [0.2, 0.25) is 0 Å². The minimum atomic E-state index is -0.924. The van der Waals surface area contributed by atoms with Crippen LogP contribution in [0.5, 0.6) is 0 Å². The lowest BCUT2D eigenvalue weighted by atomic mass is 10.1. The molecule has 0 atom stereocenters. The van der Waals surface area contributed by atoms with E-state index in [4.69, 9.17) is 5.11 Å². The molecule has 1 aromatic carbocycles. The largest absolute Gasteiger partial charge is 0.478 e. The van der Waals surface area contributed by atoms with Gasteiger partial charge in [0.2, 0.25) is 0 Å². The summed E-state index contributed by atoms with van der Waals surface area (Å²) >= 11 is 0. The van der Waals surface area contributed by atoms with Crippen molar-refractivity contribution in [3.8, 4) is 0 Å². The number of aromatic carboxylic acids is 1. The molecule has 80 valence electrons. The summed E-state index contributed by atoms with van der Waals surface area (Å²) in [7, 11) is 1.83. The number of carboxylic acids is 1. The van der Waals surface area contributed by atoms with Gasteiger partial charge in [0.05, 0.1) is 11.1 Å². The number of hydrogen-bond donors (Lipinski definition) is 2. The van der Waals surface area contributed by atoms with Crippen LogP contribution in [0.25, 0.3) is 21.9 Å². The van der Waals surface area contributed by atoms with Gasteiger partial charge in [0, 0.05) is 24.1 Å². The Morgan fingerprint density at radius 1 is 1.44 bits per heavy atom. The van der Waals surface area contributed by atoms with Gasteiger partial charge in [-0.05, 0) is 18.2 Å². The van der Waals surface area contributed by atoms with Crippen molar-refractivity contribution in [3.63, 3.8) is 0 Å². The van der Waals surface area contributed by atoms with Crippen molar-refractivity contribution in [2.45, 2.75) is 0 Å². The number of H-pyrrole nitrogens is 1. The van der Waals surface area contributed by atoms with Crippen molar-refractivity contribution >= 4 is 27.9 Å². The zero-order chi connectivity index (χ0) is 11.3. The highest BCUT2D eigenvalue weighted by atomic mass is 16.4. The summed E-state index contributed by atoms with van der Waals surface area (Å²) in [5, 5.41) is 14.1. The highest BCUT2D eigenvalue weighted by Crippen LogP contribution is 2.24. The molecular formula is C11H9N3O2. The Kier molecular flexibility index (Phi) is 1.60. The Balaban J connectivity index is 2.41. The molecule has 3 rings (SSSR count). The van der Waals surface area contributed by atoms with Crippen LogP contribution in [0, 0.1) is 0 Å². The fourth-order valence-corrected chi connectivity index (χ4v) is 1.91. The number of carboxylic acid groups (broad SMARTS) is 1. The first-order valence-corrected chi connectivity index (χ1v) is 4.83. The Bertz CT molecular complexity index is 708. The Labute approximate surface area is 90.3 Å². The third-order valence-electron chi connectivity index (χ3n) is 2.62. The Morgan fingerprint density at radius 2 is 2.25 bits per heavy atom. The van der Waals surface area contributed by atoms with Gasteiger partial charge in [-0.25, -0.2) is 4.79 Å². The first kappa shape index (κ1) is 8.96. The number of hydrogen-bond acceptors (Lipinski definition) is 2. The standard InChI is InChI=1S/C11H9N3O2/c1-14-5-9-10(13-14)7-4-6(11(15)16)2-3-8(7)12-9/h2-5,12H,1H3,(H,15,16). The van der Waals surface area contributed by atoms with Crippen LogP contribution in [0.1, 0.15) is 10.4 Å². The lowest BCUT2D eigenvalue weighted by Crippen LogP contribution is -1.95. The second-order valence-electron chi connectivity index (χ2n) is 3.76. The van der Waals surface area contributed by atoms with Gasteiger partial charge in [0.15, 0.2) is 0 Å². The van der Waals surface area contributed by atoms with E-state index in [-0.39, 0.29) is 5.56 Å². The third kappa shape index (κ3) is 1.11. The van der Waals surface area contributed by atoms with Crippen molar-refractivity contribution in [3.05, 3.63) is 30.0 Å². The molecule has 2 N–H and O–H groups in total. The number of aromatic nitrogens is 3. The summed E-state index contributed by atoms with van der Waals surface area (Å²) in [5.41, 5.74) is 2.91. The highest BCUT2D eigenvalue weighted by molar-refractivity contribution is 6.07. The molecule has 0 radical (unpaired) electrons. The van der Waals surface area contributed by atoms with Crippen molar-refractivity contribution < 1.29 is 9.90 Å². The minimum absolute atomic E-state index is 0.277. The van der Waals surface area contributed by atoms with E-state index < -0.39 is 5.97 Å². The molecule has 2 aromatic heterocycles. The molecule has 0 saturated carbocycles. The molecule has 0 spiro atoms. The maximum Gasteiger partial charge on any atom is 0.335 e. The van der Waals surface area contributed by atoms with Gasteiger partial charge < -0.3 is 10.1 Å². The Hall–Kier alpha value is -2.30. The second-order valence-corrected chi connectivity index (χ2v) is 3.76. The van der Waals surface area contributed by atoms with Gasteiger partial charge in [-0.2, -0.15) is 5.10 Å². The van der Waals surface area contributed by atoms with Crippen molar-refractivity contribution in [1.29, 1.82) is 0 Å². The van der Waals surface area contributed by atoms with Crippen molar-refractivity contribution in [1.82, 2.24) is 14.8 Å². The van der Waals surface area contributed by atoms with Crippen LogP contribution in [0.4, 0.5) is 0 Å². The summed E-state index contributed by atoms with van der Waals surface area (Å²) in [6, 6.07) is 4.99. The predicted molar refractivity (Wildman–Crippen MR) is 59.5 cm³/mol. The van der Waals surface area contributed by atoms with Crippen molar-refractivity contribution in [2.24, 2.45) is 7.05 Å². The van der Waals surface area contributed by atoms with Crippen LogP contribution in [-0.4, -0.2) is 25.8 Å². The molecule has 0 aliphatic carbocycles. The Morgan fingerprint density at radius 3 is 3.00 bits per heavy atom. The number of carbonyl (C=O) groups is 1. The lowest BCUT2D eigenvalue weighted by molar-refractivity contribution is 0.0697. The molecule has 0 aliphatic rings. The van der Waals surface area contributed by atoms with E-state index in [9.17, 15) is 4.79 Å². The molecule has 2 heterocycles. The molecule has 0 aliphatic heterocycles. The molecule has 0 fully saturated rings. The van der Waals surface area contributed by atoms with E-state index in [1.165, 1.54) is 0 Å². The smallest absolute Gasteiger partial charge is 0.335 e. The third-order valence-corrected chi connectivity index (χ3v) is 2.62. The number of aryl methyl sites for hydroxylation is 1. The average molecular weight is 215 g/mol. The number of nitrogens with one attached hydrogen (secondary N) is 1. The van der Waals surface area contributed by atoms with Crippen LogP contribution < -0.4 is 0 Å². The summed E-state index contributed by atoms with van der Waals surface area (Å²) in [4.78, 5) is 14.1. The van der Waals surface area contributed by atoms with E-state index in [0.717, 1.165) is 21.9 Å². The van der Waals surface area contributed by atoms with Gasteiger partial charge >= 0.3 is 5.97 Å². The predicted octanol–water partition coefficient (Wildman–Crippen LogP) is 1.75. The highest BCUT2D eigenvalue weighted by Gasteiger charge is 2.10. The number of rotatable bonds is 1. The fraction of sp³-hybridized carbons (Fsp3) is 0.0909. The first-order chi connectivity index (χ1) is 7.65.